The summed E-state index contributed by atoms with van der Waals surface area (Å²) in [4.78, 5) is 0. The molecule has 1 saturated heterocycles. The molecule has 0 aromatic heterocycles. The maximum absolute atomic E-state index is 15.3. The Bertz CT molecular complexity index is 1270. The highest BCUT2D eigenvalue weighted by Gasteiger charge is 2.27. The Kier molecular flexibility index (Phi) is 12.3. The summed E-state index contributed by atoms with van der Waals surface area (Å²) >= 11 is 0. The van der Waals surface area contributed by atoms with E-state index >= 15 is 8.78 Å². The Morgan fingerprint density at radius 1 is 0.643 bits per heavy atom. The Morgan fingerprint density at radius 2 is 1.24 bits per heavy atom. The Balaban J connectivity index is 1.38. The van der Waals surface area contributed by atoms with Crippen LogP contribution in [0, 0.1) is 23.3 Å². The van der Waals surface area contributed by atoms with Gasteiger partial charge in [0.2, 0.25) is 5.82 Å². The minimum Gasteiger partial charge on any atom is -0.490 e. The first kappa shape index (κ1) is 32.1. The summed E-state index contributed by atoms with van der Waals surface area (Å²) in [5, 5.41) is 0. The summed E-state index contributed by atoms with van der Waals surface area (Å²) in [7, 11) is 0. The lowest BCUT2D eigenvalue weighted by Gasteiger charge is -2.30. The van der Waals surface area contributed by atoms with E-state index in [0.717, 1.165) is 51.4 Å². The molecule has 0 N–H and O–H groups in total. The van der Waals surface area contributed by atoms with Crippen LogP contribution in [0.3, 0.4) is 0 Å². The third-order valence-corrected chi connectivity index (χ3v) is 8.36. The van der Waals surface area contributed by atoms with Crippen LogP contribution in [0.4, 0.5) is 17.6 Å². The van der Waals surface area contributed by atoms with Gasteiger partial charge in [0.05, 0.1) is 19.3 Å². The molecule has 2 nitrogen and oxygen atoms in total. The number of unbranched alkanes of at least 4 members (excludes halogenated alkanes) is 7. The van der Waals surface area contributed by atoms with Crippen LogP contribution in [0.2, 0.25) is 0 Å². The molecule has 2 unspecified atom stereocenters. The van der Waals surface area contributed by atoms with Crippen LogP contribution in [0.25, 0.3) is 22.3 Å². The van der Waals surface area contributed by atoms with Crippen molar-refractivity contribution in [1.82, 2.24) is 0 Å². The summed E-state index contributed by atoms with van der Waals surface area (Å²) in [5.74, 6) is -4.06. The smallest absolute Gasteiger partial charge is 0.201 e. The predicted molar refractivity (Wildman–Crippen MR) is 162 cm³/mol. The highest BCUT2D eigenvalue weighted by Crippen LogP contribution is 2.36. The summed E-state index contributed by atoms with van der Waals surface area (Å²) in [6.07, 6.45) is 12.9. The SMILES string of the molecule is CCCCCCCC1CCC(c2ccc(-c3ccc(-c4ccc(OCCCCCC)c(F)c4F)cc3)c(F)c2F)CO1. The van der Waals surface area contributed by atoms with Gasteiger partial charge in [0.15, 0.2) is 23.2 Å². The molecule has 1 aliphatic heterocycles. The second kappa shape index (κ2) is 16.1. The first-order chi connectivity index (χ1) is 20.4. The third kappa shape index (κ3) is 8.15. The predicted octanol–water partition coefficient (Wildman–Crippen LogP) is 11.2. The zero-order chi connectivity index (χ0) is 29.9. The van der Waals surface area contributed by atoms with Crippen LogP contribution < -0.4 is 4.74 Å². The van der Waals surface area contributed by atoms with E-state index < -0.39 is 23.3 Å². The molecule has 3 aromatic rings. The zero-order valence-corrected chi connectivity index (χ0v) is 25.0. The molecular weight excluding hydrogens is 540 g/mol. The zero-order valence-electron chi connectivity index (χ0n) is 25.0. The Labute approximate surface area is 248 Å². The molecule has 42 heavy (non-hydrogen) atoms. The average molecular weight is 585 g/mol. The van der Waals surface area contributed by atoms with Crippen molar-refractivity contribution in [2.45, 2.75) is 103 Å². The second-order valence-corrected chi connectivity index (χ2v) is 11.5. The second-order valence-electron chi connectivity index (χ2n) is 11.5. The first-order valence-corrected chi connectivity index (χ1v) is 15.8. The number of hydrogen-bond acceptors (Lipinski definition) is 2. The minimum absolute atomic E-state index is 0.0796. The standard InChI is InChI=1S/C36H44F4O2/c1-3-5-7-9-10-12-28-18-17-27(24-42-28)31-20-19-29(33(37)34(31)38)25-13-15-26(16-14-25)30-21-22-32(36(40)35(30)39)41-23-11-8-6-4-2/h13-16,19-22,27-28H,3-12,17-18,23-24H2,1-2H3. The number of hydrogen-bond donors (Lipinski definition) is 0. The summed E-state index contributed by atoms with van der Waals surface area (Å²) in [6, 6.07) is 12.5. The Morgan fingerprint density at radius 3 is 1.86 bits per heavy atom. The van der Waals surface area contributed by atoms with Crippen molar-refractivity contribution < 1.29 is 27.0 Å². The van der Waals surface area contributed by atoms with Crippen LogP contribution in [0.5, 0.6) is 5.75 Å². The first-order valence-electron chi connectivity index (χ1n) is 15.8. The molecule has 1 aliphatic rings. The summed E-state index contributed by atoms with van der Waals surface area (Å²) < 4.78 is 71.5. The molecule has 1 heterocycles. The topological polar surface area (TPSA) is 18.5 Å². The fraction of sp³-hybridized carbons (Fsp3) is 0.500. The maximum atomic E-state index is 15.3. The minimum atomic E-state index is -1.03. The molecule has 4 rings (SSSR count). The normalized spacial score (nSPS) is 17.0. The molecule has 0 radical (unpaired) electrons. The molecule has 0 saturated carbocycles. The monoisotopic (exact) mass is 584 g/mol. The molecule has 3 aromatic carbocycles. The highest BCUT2D eigenvalue weighted by atomic mass is 19.2. The number of ether oxygens (including phenoxy) is 2. The van der Waals surface area contributed by atoms with Crippen molar-refractivity contribution >= 4 is 0 Å². The van der Waals surface area contributed by atoms with Crippen molar-refractivity contribution in [2.75, 3.05) is 13.2 Å². The van der Waals surface area contributed by atoms with Gasteiger partial charge in [0, 0.05) is 17.0 Å². The van der Waals surface area contributed by atoms with Crippen molar-refractivity contribution in [1.29, 1.82) is 0 Å². The molecule has 1 fully saturated rings. The molecule has 2 atom stereocenters. The van der Waals surface area contributed by atoms with Gasteiger partial charge < -0.3 is 9.47 Å². The van der Waals surface area contributed by atoms with E-state index in [1.165, 1.54) is 37.8 Å². The summed E-state index contributed by atoms with van der Waals surface area (Å²) in [5.41, 5.74) is 1.44. The van der Waals surface area contributed by atoms with Gasteiger partial charge in [-0.3, -0.25) is 0 Å². The summed E-state index contributed by atoms with van der Waals surface area (Å²) in [6.45, 7) is 5.03. The van der Waals surface area contributed by atoms with Gasteiger partial charge in [-0.25, -0.2) is 13.2 Å². The lowest BCUT2D eigenvalue weighted by Crippen LogP contribution is -2.25. The lowest BCUT2D eigenvalue weighted by molar-refractivity contribution is -0.00283. The van der Waals surface area contributed by atoms with E-state index in [4.69, 9.17) is 9.47 Å². The average Bonchev–Trinajstić information content (AvgIpc) is 3.01. The van der Waals surface area contributed by atoms with E-state index in [1.54, 1.807) is 36.4 Å². The number of halogens is 4. The van der Waals surface area contributed by atoms with E-state index in [9.17, 15) is 8.78 Å². The van der Waals surface area contributed by atoms with Gasteiger partial charge in [-0.15, -0.1) is 0 Å². The molecule has 0 aliphatic carbocycles. The maximum Gasteiger partial charge on any atom is 0.201 e. The fourth-order valence-corrected chi connectivity index (χ4v) is 5.76. The van der Waals surface area contributed by atoms with Gasteiger partial charge in [0.1, 0.15) is 0 Å². The quantitative estimate of drug-likeness (QED) is 0.131. The van der Waals surface area contributed by atoms with Gasteiger partial charge in [-0.1, -0.05) is 102 Å². The number of benzene rings is 3. The molecule has 0 bridgehead atoms. The van der Waals surface area contributed by atoms with Crippen LogP contribution in [-0.2, 0) is 4.74 Å². The van der Waals surface area contributed by atoms with Gasteiger partial charge in [-0.05, 0) is 54.5 Å². The molecular formula is C36H44F4O2. The fourth-order valence-electron chi connectivity index (χ4n) is 5.76. The van der Waals surface area contributed by atoms with E-state index in [1.807, 2.05) is 0 Å². The van der Waals surface area contributed by atoms with E-state index in [2.05, 4.69) is 13.8 Å². The molecule has 228 valence electrons. The Hall–Kier alpha value is -2.86. The van der Waals surface area contributed by atoms with Gasteiger partial charge >= 0.3 is 0 Å². The van der Waals surface area contributed by atoms with Crippen LogP contribution in [0.15, 0.2) is 48.5 Å². The van der Waals surface area contributed by atoms with Crippen LogP contribution in [0.1, 0.15) is 102 Å². The van der Waals surface area contributed by atoms with Crippen molar-refractivity contribution in [2.24, 2.45) is 0 Å². The third-order valence-electron chi connectivity index (χ3n) is 8.36. The van der Waals surface area contributed by atoms with Crippen molar-refractivity contribution in [3.8, 4) is 28.0 Å². The van der Waals surface area contributed by atoms with E-state index in [0.29, 0.717) is 29.9 Å². The largest absolute Gasteiger partial charge is 0.490 e. The van der Waals surface area contributed by atoms with E-state index in [-0.39, 0.29) is 28.9 Å². The lowest BCUT2D eigenvalue weighted by atomic mass is 9.88. The van der Waals surface area contributed by atoms with Gasteiger partial charge in [0.25, 0.3) is 0 Å². The molecule has 6 heteroatoms. The molecule has 0 amide bonds. The van der Waals surface area contributed by atoms with Gasteiger partial charge in [-0.2, -0.15) is 4.39 Å². The molecule has 0 spiro atoms. The van der Waals surface area contributed by atoms with Crippen molar-refractivity contribution in [3.05, 3.63) is 77.4 Å². The highest BCUT2D eigenvalue weighted by molar-refractivity contribution is 5.72. The van der Waals surface area contributed by atoms with Crippen LogP contribution in [-0.4, -0.2) is 19.3 Å². The number of rotatable bonds is 15. The van der Waals surface area contributed by atoms with Crippen molar-refractivity contribution in [3.63, 3.8) is 0 Å². The van der Waals surface area contributed by atoms with Crippen LogP contribution >= 0.6 is 0 Å².